The second-order valence-electron chi connectivity index (χ2n) is 13.6. The molecule has 3 fully saturated rings. The summed E-state index contributed by atoms with van der Waals surface area (Å²) in [6, 6.07) is 14.1. The molecule has 1 aromatic heterocycles. The molecule has 49 heavy (non-hydrogen) atoms. The number of benzene rings is 2. The van der Waals surface area contributed by atoms with Crippen LogP contribution in [0.25, 0.3) is 10.2 Å². The van der Waals surface area contributed by atoms with Gasteiger partial charge in [-0.1, -0.05) is 62.4 Å². The van der Waals surface area contributed by atoms with E-state index in [0.29, 0.717) is 12.6 Å². The molecule has 6 atom stereocenters. The fraction of sp³-hybridized carbons (Fsp3) is 0.600. The Kier molecular flexibility index (Phi) is 11.7. The Morgan fingerprint density at radius 3 is 2.76 bits per heavy atom. The minimum atomic E-state index is -4.02. The molecule has 3 N–H and O–H groups in total. The standard InChI is InChI=1S/C35H49N5O7S2/c1-4-39-15-8-11-25(39)19-36-34-37-28-13-12-26(18-32(28)48-34)49(43,44)40(20-23(2)3)21-30(41)29(17-24-9-6-5-7-10-24)38-35(42)47-31-22-46-33-27(31)14-16-45-33/h5-7,9-10,12-13,18,23,25,27,29-31,33,41H,4,8,11,14-17,19-22H2,1-3H3,(H,36,37)(H,38,42)/t25?,27-,29-,30+,31-,33+/m0/s1. The third-order valence-corrected chi connectivity index (χ3v) is 12.5. The molecule has 12 nitrogen and oxygen atoms in total. The van der Waals surface area contributed by atoms with Gasteiger partial charge in [0, 0.05) is 25.7 Å². The number of alkyl carbamates (subject to hydrolysis) is 1. The molecule has 3 aliphatic heterocycles. The predicted octanol–water partition coefficient (Wildman–Crippen LogP) is 4.30. The summed E-state index contributed by atoms with van der Waals surface area (Å²) in [6.07, 6.45) is 0.634. The summed E-state index contributed by atoms with van der Waals surface area (Å²) in [6.45, 7) is 9.76. The van der Waals surface area contributed by atoms with Crippen LogP contribution in [0.2, 0.25) is 0 Å². The molecule has 0 spiro atoms. The number of likely N-dealkylation sites (N-methyl/N-ethyl adjacent to an activating group) is 1. The second-order valence-corrected chi connectivity index (χ2v) is 16.6. The summed E-state index contributed by atoms with van der Waals surface area (Å²) < 4.78 is 47.4. The van der Waals surface area contributed by atoms with Crippen molar-refractivity contribution in [1.29, 1.82) is 0 Å². The number of likely N-dealkylation sites (tertiary alicyclic amines) is 1. The van der Waals surface area contributed by atoms with Crippen LogP contribution < -0.4 is 10.6 Å². The number of hydrogen-bond donors (Lipinski definition) is 3. The number of ether oxygens (including phenoxy) is 3. The number of rotatable bonds is 15. The normalized spacial score (nSPS) is 24.0. The molecule has 2 aromatic carbocycles. The lowest BCUT2D eigenvalue weighted by Crippen LogP contribution is -2.51. The summed E-state index contributed by atoms with van der Waals surface area (Å²) in [5.41, 5.74) is 1.61. The summed E-state index contributed by atoms with van der Waals surface area (Å²) >= 11 is 1.44. The summed E-state index contributed by atoms with van der Waals surface area (Å²) in [5, 5.41) is 18.7. The zero-order valence-corrected chi connectivity index (χ0v) is 30.1. The molecule has 1 amide bonds. The van der Waals surface area contributed by atoms with E-state index in [1.54, 1.807) is 18.2 Å². The van der Waals surface area contributed by atoms with Crippen LogP contribution in [-0.2, 0) is 30.7 Å². The summed E-state index contributed by atoms with van der Waals surface area (Å²) in [4.78, 5) is 20.5. The molecule has 14 heteroatoms. The maximum atomic E-state index is 14.2. The van der Waals surface area contributed by atoms with Gasteiger partial charge in [0.1, 0.15) is 6.10 Å². The number of carbonyl (C=O) groups is 1. The number of nitrogens with zero attached hydrogens (tertiary/aromatic N) is 3. The minimum Gasteiger partial charge on any atom is -0.443 e. The lowest BCUT2D eigenvalue weighted by Gasteiger charge is -2.31. The number of aliphatic hydroxyl groups excluding tert-OH is 1. The highest BCUT2D eigenvalue weighted by Gasteiger charge is 2.44. The predicted molar refractivity (Wildman–Crippen MR) is 189 cm³/mol. The van der Waals surface area contributed by atoms with Crippen molar-refractivity contribution in [2.45, 2.75) is 81.9 Å². The van der Waals surface area contributed by atoms with Crippen molar-refractivity contribution in [2.75, 3.05) is 51.3 Å². The van der Waals surface area contributed by atoms with Crippen LogP contribution in [0, 0.1) is 11.8 Å². The Balaban J connectivity index is 1.17. The van der Waals surface area contributed by atoms with E-state index in [1.165, 1.54) is 22.1 Å². The first-order valence-corrected chi connectivity index (χ1v) is 19.7. The van der Waals surface area contributed by atoms with Crippen molar-refractivity contribution in [2.24, 2.45) is 11.8 Å². The van der Waals surface area contributed by atoms with Crippen molar-refractivity contribution in [1.82, 2.24) is 19.5 Å². The van der Waals surface area contributed by atoms with Crippen LogP contribution in [0.5, 0.6) is 0 Å². The van der Waals surface area contributed by atoms with Crippen LogP contribution >= 0.6 is 11.3 Å². The largest absolute Gasteiger partial charge is 0.443 e. The molecule has 0 bridgehead atoms. The van der Waals surface area contributed by atoms with Gasteiger partial charge >= 0.3 is 6.09 Å². The lowest BCUT2D eigenvalue weighted by atomic mass is 10.0. The van der Waals surface area contributed by atoms with E-state index >= 15 is 0 Å². The fourth-order valence-electron chi connectivity index (χ4n) is 7.07. The van der Waals surface area contributed by atoms with E-state index < -0.39 is 34.4 Å². The van der Waals surface area contributed by atoms with Gasteiger partial charge in [0.05, 0.1) is 46.4 Å². The second kappa shape index (κ2) is 16.0. The van der Waals surface area contributed by atoms with Gasteiger partial charge in [0.15, 0.2) is 11.4 Å². The van der Waals surface area contributed by atoms with Crippen molar-refractivity contribution < 1.29 is 32.5 Å². The van der Waals surface area contributed by atoms with Gasteiger partial charge in [-0.05, 0) is 68.5 Å². The van der Waals surface area contributed by atoms with Gasteiger partial charge in [-0.25, -0.2) is 18.2 Å². The van der Waals surface area contributed by atoms with Gasteiger partial charge in [0.2, 0.25) is 10.0 Å². The Bertz CT molecular complexity index is 1660. The van der Waals surface area contributed by atoms with Crippen molar-refractivity contribution >= 4 is 42.8 Å². The maximum Gasteiger partial charge on any atom is 0.407 e. The minimum absolute atomic E-state index is 0.0161. The van der Waals surface area contributed by atoms with Gasteiger partial charge in [-0.15, -0.1) is 0 Å². The van der Waals surface area contributed by atoms with Crippen LogP contribution in [0.15, 0.2) is 53.4 Å². The monoisotopic (exact) mass is 715 g/mol. The number of nitrogens with one attached hydrogen (secondary N) is 2. The van der Waals surface area contributed by atoms with E-state index in [2.05, 4.69) is 22.5 Å². The number of fused-ring (bicyclic) bond motifs is 2. The molecule has 6 rings (SSSR count). The average Bonchev–Trinajstić information content (AvgIpc) is 3.88. The lowest BCUT2D eigenvalue weighted by molar-refractivity contribution is -0.0907. The molecule has 4 heterocycles. The Labute approximate surface area is 293 Å². The zero-order valence-electron chi connectivity index (χ0n) is 28.5. The fourth-order valence-corrected chi connectivity index (χ4v) is 9.71. The SMILES string of the molecule is CCN1CCCC1CNc1nc2ccc(S(=O)(=O)N(CC(C)C)C[C@@H](O)[C@H](Cc3ccccc3)NC(=O)O[C@H]3CO[C@H]4OCC[C@H]43)cc2s1. The van der Waals surface area contributed by atoms with Crippen LogP contribution in [0.4, 0.5) is 9.93 Å². The molecule has 3 aromatic rings. The Morgan fingerprint density at radius 2 is 1.98 bits per heavy atom. The smallest absolute Gasteiger partial charge is 0.407 e. The first-order chi connectivity index (χ1) is 23.6. The van der Waals surface area contributed by atoms with E-state index in [0.717, 1.165) is 53.4 Å². The topological polar surface area (TPSA) is 143 Å². The van der Waals surface area contributed by atoms with Crippen molar-refractivity contribution in [3.8, 4) is 0 Å². The van der Waals surface area contributed by atoms with Crippen molar-refractivity contribution in [3.05, 3.63) is 54.1 Å². The molecule has 0 aliphatic carbocycles. The molecule has 3 saturated heterocycles. The summed E-state index contributed by atoms with van der Waals surface area (Å²) in [7, 11) is -4.02. The maximum absolute atomic E-state index is 14.2. The number of aliphatic hydroxyl groups is 1. The van der Waals surface area contributed by atoms with Gasteiger partial charge in [-0.2, -0.15) is 4.31 Å². The highest BCUT2D eigenvalue weighted by atomic mass is 32.2. The van der Waals surface area contributed by atoms with Crippen LogP contribution in [0.1, 0.15) is 45.6 Å². The third kappa shape index (κ3) is 8.73. The molecule has 0 radical (unpaired) electrons. The Hall–Kier alpha value is -2.85. The van der Waals surface area contributed by atoms with E-state index in [4.69, 9.17) is 19.2 Å². The van der Waals surface area contributed by atoms with Gasteiger partial charge < -0.3 is 30.0 Å². The Morgan fingerprint density at radius 1 is 1.16 bits per heavy atom. The van der Waals surface area contributed by atoms with E-state index in [1.807, 2.05) is 44.2 Å². The third-order valence-electron chi connectivity index (χ3n) is 9.66. The molecule has 1 unspecified atom stereocenters. The molecule has 0 saturated carbocycles. The first-order valence-electron chi connectivity index (χ1n) is 17.4. The number of anilines is 1. The van der Waals surface area contributed by atoms with E-state index in [9.17, 15) is 18.3 Å². The van der Waals surface area contributed by atoms with Gasteiger partial charge in [-0.3, -0.25) is 4.90 Å². The van der Waals surface area contributed by atoms with Crippen molar-refractivity contribution in [3.63, 3.8) is 0 Å². The number of thiazole rings is 1. The number of carbonyl (C=O) groups excluding carboxylic acids is 1. The van der Waals surface area contributed by atoms with Crippen LogP contribution in [0.3, 0.4) is 0 Å². The quantitative estimate of drug-likeness (QED) is 0.209. The number of hydrogen-bond acceptors (Lipinski definition) is 11. The molecular weight excluding hydrogens is 667 g/mol. The van der Waals surface area contributed by atoms with E-state index in [-0.39, 0.29) is 49.1 Å². The number of aromatic nitrogens is 1. The average molecular weight is 716 g/mol. The number of amides is 1. The molecular formula is C35H49N5O7S2. The van der Waals surface area contributed by atoms with Gasteiger partial charge in [0.25, 0.3) is 0 Å². The first kappa shape index (κ1) is 36.0. The number of sulfonamides is 1. The molecule has 268 valence electrons. The molecule has 3 aliphatic rings. The summed E-state index contributed by atoms with van der Waals surface area (Å²) in [5.74, 6) is -0.0472. The van der Waals surface area contributed by atoms with Crippen LogP contribution in [-0.4, -0.2) is 110 Å². The highest BCUT2D eigenvalue weighted by Crippen LogP contribution is 2.33. The highest BCUT2D eigenvalue weighted by molar-refractivity contribution is 7.89. The zero-order chi connectivity index (χ0) is 34.5.